The van der Waals surface area contributed by atoms with Crippen LogP contribution in [0.5, 0.6) is 0 Å². The van der Waals surface area contributed by atoms with Gasteiger partial charge in [0.2, 0.25) is 0 Å². The van der Waals surface area contributed by atoms with Gasteiger partial charge in [-0.3, -0.25) is 0 Å². The van der Waals surface area contributed by atoms with Crippen LogP contribution in [0.3, 0.4) is 0 Å². The van der Waals surface area contributed by atoms with Crippen LogP contribution in [-0.2, 0) is 16.3 Å². The Morgan fingerprint density at radius 2 is 1.96 bits per heavy atom. The van der Waals surface area contributed by atoms with Gasteiger partial charge in [0.25, 0.3) is 0 Å². The minimum Gasteiger partial charge on any atom is -0.331 e. The number of anilines is 1. The molecule has 5 nitrogen and oxygen atoms in total. The van der Waals surface area contributed by atoms with Gasteiger partial charge in [-0.05, 0) is 48.2 Å². The molecule has 0 aliphatic heterocycles. The van der Waals surface area contributed by atoms with E-state index in [1.807, 2.05) is 12.1 Å². The van der Waals surface area contributed by atoms with Crippen molar-refractivity contribution in [2.24, 2.45) is 0 Å². The van der Waals surface area contributed by atoms with E-state index in [-0.39, 0.29) is 16.6 Å². The number of urea groups is 1. The van der Waals surface area contributed by atoms with Crippen molar-refractivity contribution in [1.29, 1.82) is 0 Å². The van der Waals surface area contributed by atoms with E-state index in [4.69, 9.17) is 11.6 Å². The standard InChI is InChI=1S/C17H17ClN2O3S/c1-24(22,23)16-5-3-2-4-15(16)20-17(21)19-14-9-6-11-10-12(18)7-8-13(11)14/h2-5,7-8,10,14H,6,9H2,1H3,(H2,19,20,21). The number of carbonyl (C=O) groups is 1. The lowest BCUT2D eigenvalue weighted by atomic mass is 10.1. The van der Waals surface area contributed by atoms with Crippen LogP contribution in [0.1, 0.15) is 23.6 Å². The third kappa shape index (κ3) is 3.55. The van der Waals surface area contributed by atoms with Crippen molar-refractivity contribution in [3.8, 4) is 0 Å². The number of halogens is 1. The Morgan fingerprint density at radius 1 is 1.21 bits per heavy atom. The van der Waals surface area contributed by atoms with E-state index in [0.29, 0.717) is 5.02 Å². The van der Waals surface area contributed by atoms with Gasteiger partial charge in [0, 0.05) is 11.3 Å². The summed E-state index contributed by atoms with van der Waals surface area (Å²) in [4.78, 5) is 12.4. The van der Waals surface area contributed by atoms with Gasteiger partial charge < -0.3 is 10.6 Å². The molecule has 0 spiro atoms. The highest BCUT2D eigenvalue weighted by molar-refractivity contribution is 7.90. The average molecular weight is 365 g/mol. The molecule has 24 heavy (non-hydrogen) atoms. The number of nitrogens with one attached hydrogen (secondary N) is 2. The molecule has 2 N–H and O–H groups in total. The lowest BCUT2D eigenvalue weighted by Gasteiger charge is -2.16. The fourth-order valence-corrected chi connectivity index (χ4v) is 3.98. The number of hydrogen-bond acceptors (Lipinski definition) is 3. The molecule has 0 heterocycles. The Morgan fingerprint density at radius 3 is 2.71 bits per heavy atom. The van der Waals surface area contributed by atoms with Crippen LogP contribution in [0, 0.1) is 0 Å². The number of hydrogen-bond donors (Lipinski definition) is 2. The van der Waals surface area contributed by atoms with E-state index in [1.165, 1.54) is 6.07 Å². The normalized spacial score (nSPS) is 16.5. The number of benzene rings is 2. The van der Waals surface area contributed by atoms with Crippen molar-refractivity contribution in [2.45, 2.75) is 23.8 Å². The van der Waals surface area contributed by atoms with Gasteiger partial charge in [0.05, 0.1) is 16.6 Å². The molecule has 2 amide bonds. The number of carbonyl (C=O) groups excluding carboxylic acids is 1. The Balaban J connectivity index is 1.75. The first-order valence-electron chi connectivity index (χ1n) is 7.49. The second-order valence-electron chi connectivity index (χ2n) is 5.80. The number of fused-ring (bicyclic) bond motifs is 1. The van der Waals surface area contributed by atoms with Crippen LogP contribution in [0.4, 0.5) is 10.5 Å². The monoisotopic (exact) mass is 364 g/mol. The zero-order chi connectivity index (χ0) is 17.3. The third-order valence-electron chi connectivity index (χ3n) is 4.02. The molecular weight excluding hydrogens is 348 g/mol. The summed E-state index contributed by atoms with van der Waals surface area (Å²) in [5, 5.41) is 6.21. The van der Waals surface area contributed by atoms with Crippen LogP contribution >= 0.6 is 11.6 Å². The van der Waals surface area contributed by atoms with Crippen LogP contribution in [-0.4, -0.2) is 20.7 Å². The maximum atomic E-state index is 12.3. The fourth-order valence-electron chi connectivity index (χ4n) is 2.95. The quantitative estimate of drug-likeness (QED) is 0.874. The predicted octanol–water partition coefficient (Wildman–Crippen LogP) is 3.55. The predicted molar refractivity (Wildman–Crippen MR) is 94.2 cm³/mol. The number of rotatable bonds is 3. The Kier molecular flexibility index (Phi) is 4.51. The molecule has 0 aromatic heterocycles. The summed E-state index contributed by atoms with van der Waals surface area (Å²) in [6.07, 6.45) is 2.75. The lowest BCUT2D eigenvalue weighted by Crippen LogP contribution is -2.32. The van der Waals surface area contributed by atoms with Crippen LogP contribution < -0.4 is 10.6 Å². The highest BCUT2D eigenvalue weighted by Crippen LogP contribution is 2.33. The highest BCUT2D eigenvalue weighted by atomic mass is 35.5. The molecule has 1 aliphatic carbocycles. The molecule has 2 aromatic rings. The van der Waals surface area contributed by atoms with Crippen molar-refractivity contribution in [3.05, 3.63) is 58.6 Å². The first-order chi connectivity index (χ1) is 11.3. The summed E-state index contributed by atoms with van der Waals surface area (Å²) >= 11 is 5.99. The first kappa shape index (κ1) is 16.8. The molecule has 126 valence electrons. The van der Waals surface area contributed by atoms with Crippen molar-refractivity contribution >= 4 is 33.2 Å². The van der Waals surface area contributed by atoms with Gasteiger partial charge in [0.15, 0.2) is 9.84 Å². The second kappa shape index (κ2) is 6.45. The van der Waals surface area contributed by atoms with E-state index in [0.717, 1.165) is 30.2 Å². The molecule has 0 radical (unpaired) electrons. The average Bonchev–Trinajstić information content (AvgIpc) is 2.88. The van der Waals surface area contributed by atoms with Crippen molar-refractivity contribution in [1.82, 2.24) is 5.32 Å². The van der Waals surface area contributed by atoms with Gasteiger partial charge >= 0.3 is 6.03 Å². The second-order valence-corrected chi connectivity index (χ2v) is 8.22. The van der Waals surface area contributed by atoms with Gasteiger partial charge in [-0.2, -0.15) is 0 Å². The molecule has 1 atom stereocenters. The maximum Gasteiger partial charge on any atom is 0.319 e. The summed E-state index contributed by atoms with van der Waals surface area (Å²) in [5.74, 6) is 0. The molecule has 0 saturated carbocycles. The molecule has 1 aliphatic rings. The van der Waals surface area contributed by atoms with Crippen molar-refractivity contribution in [3.63, 3.8) is 0 Å². The smallest absolute Gasteiger partial charge is 0.319 e. The van der Waals surface area contributed by atoms with Crippen LogP contribution in [0.15, 0.2) is 47.4 Å². The third-order valence-corrected chi connectivity index (χ3v) is 5.41. The molecular formula is C17H17ClN2O3S. The van der Waals surface area contributed by atoms with Crippen molar-refractivity contribution < 1.29 is 13.2 Å². The zero-order valence-corrected chi connectivity index (χ0v) is 14.6. The largest absolute Gasteiger partial charge is 0.331 e. The highest BCUT2D eigenvalue weighted by Gasteiger charge is 2.24. The van der Waals surface area contributed by atoms with Crippen LogP contribution in [0.2, 0.25) is 5.02 Å². The summed E-state index contributed by atoms with van der Waals surface area (Å²) in [6.45, 7) is 0. The molecule has 2 aromatic carbocycles. The van der Waals surface area contributed by atoms with E-state index in [2.05, 4.69) is 10.6 Å². The molecule has 0 bridgehead atoms. The van der Waals surface area contributed by atoms with Gasteiger partial charge in [-0.15, -0.1) is 0 Å². The summed E-state index contributed by atoms with van der Waals surface area (Å²) < 4.78 is 23.6. The Bertz CT molecular complexity index is 896. The number of sulfone groups is 1. The molecule has 3 rings (SSSR count). The SMILES string of the molecule is CS(=O)(=O)c1ccccc1NC(=O)NC1CCc2cc(Cl)ccc21. The van der Waals surface area contributed by atoms with E-state index >= 15 is 0 Å². The zero-order valence-electron chi connectivity index (χ0n) is 13.0. The van der Waals surface area contributed by atoms with Crippen molar-refractivity contribution in [2.75, 3.05) is 11.6 Å². The van der Waals surface area contributed by atoms with Crippen LogP contribution in [0.25, 0.3) is 0 Å². The fraction of sp³-hybridized carbons (Fsp3) is 0.235. The maximum absolute atomic E-state index is 12.3. The number of aryl methyl sites for hydroxylation is 1. The van der Waals surface area contributed by atoms with E-state index in [1.54, 1.807) is 24.3 Å². The molecule has 7 heteroatoms. The summed E-state index contributed by atoms with van der Waals surface area (Å²) in [6, 6.07) is 11.4. The van der Waals surface area contributed by atoms with E-state index < -0.39 is 15.9 Å². The molecule has 0 fully saturated rings. The van der Waals surface area contributed by atoms with E-state index in [9.17, 15) is 13.2 Å². The first-order valence-corrected chi connectivity index (χ1v) is 9.76. The topological polar surface area (TPSA) is 75.3 Å². The number of para-hydroxylation sites is 1. The lowest BCUT2D eigenvalue weighted by molar-refractivity contribution is 0.248. The van der Waals surface area contributed by atoms with Gasteiger partial charge in [-0.1, -0.05) is 29.8 Å². The number of amides is 2. The summed E-state index contributed by atoms with van der Waals surface area (Å²) in [7, 11) is -3.42. The Labute approximate surface area is 145 Å². The summed E-state index contributed by atoms with van der Waals surface area (Å²) in [5.41, 5.74) is 2.45. The minimum atomic E-state index is -3.42. The molecule has 0 saturated heterocycles. The van der Waals surface area contributed by atoms with Gasteiger partial charge in [-0.25, -0.2) is 13.2 Å². The Hall–Kier alpha value is -2.05. The van der Waals surface area contributed by atoms with Gasteiger partial charge in [0.1, 0.15) is 0 Å². The minimum absolute atomic E-state index is 0.0961. The molecule has 1 unspecified atom stereocenters.